The molecular weight excluding hydrogens is 678 g/mol. The molecule has 0 amide bonds. The van der Waals surface area contributed by atoms with Crippen LogP contribution in [0.15, 0.2) is 12.7 Å². The lowest BCUT2D eigenvalue weighted by Crippen LogP contribution is -2.35. The number of hydrogen-bond acceptors (Lipinski definition) is 13. The van der Waals surface area contributed by atoms with Gasteiger partial charge in [-0.05, 0) is 48.3 Å². The van der Waals surface area contributed by atoms with Crippen molar-refractivity contribution in [2.45, 2.75) is 142 Å². The molecule has 12 nitrogen and oxygen atoms in total. The molecule has 0 radical (unpaired) electrons. The van der Waals surface area contributed by atoms with Gasteiger partial charge in [-0.25, -0.2) is 0 Å². The van der Waals surface area contributed by atoms with Gasteiger partial charge in [-0.2, -0.15) is 10.5 Å². The molecule has 0 aliphatic carbocycles. The van der Waals surface area contributed by atoms with Crippen molar-refractivity contribution < 1.29 is 50.6 Å². The van der Waals surface area contributed by atoms with E-state index in [-0.39, 0.29) is 51.4 Å². The predicted octanol–water partition coefficient (Wildman–Crippen LogP) is 7.02. The molecule has 3 aliphatic heterocycles. The van der Waals surface area contributed by atoms with Gasteiger partial charge in [-0.3, -0.25) is 0 Å². The third-order valence-corrected chi connectivity index (χ3v) is 12.4. The van der Waals surface area contributed by atoms with E-state index in [0.717, 1.165) is 0 Å². The van der Waals surface area contributed by atoms with Crippen LogP contribution in [0.2, 0.25) is 0 Å². The number of nitriles is 2. The summed E-state index contributed by atoms with van der Waals surface area (Å²) in [6, 6.07) is 4.36. The fraction of sp³-hybridized carbons (Fsp3) is 0.879. The zero-order valence-electron chi connectivity index (χ0n) is 32.0. The van der Waals surface area contributed by atoms with E-state index in [1.165, 1.54) is 0 Å². The Morgan fingerprint density at radius 3 is 2.21 bits per heavy atom. The molecule has 0 aromatic heterocycles. The molecule has 14 unspecified atom stereocenters. The molecule has 0 saturated carbocycles. The second-order valence-corrected chi connectivity index (χ2v) is 17.6. The average Bonchev–Trinajstić information content (AvgIpc) is 3.71. The fourth-order valence-electron chi connectivity index (χ4n) is 5.34. The SMILES string of the molecule is [3H]C1CC(O)C(COP(OC2CC([3H])OC2COP(=S)(OC2CC([3H])OC2CC)OC(CC#N)C(C)(C)C)OC(CC#N)C(C)(CC)CC=C)O1. The summed E-state index contributed by atoms with van der Waals surface area (Å²) in [5, 5.41) is 29.7. The highest BCUT2D eigenvalue weighted by atomic mass is 32.5. The number of nitrogens with zero attached hydrogens (tertiary/aromatic N) is 2. The smallest absolute Gasteiger partial charge is 0.333 e. The molecule has 48 heavy (non-hydrogen) atoms. The molecule has 0 spiro atoms. The number of aliphatic hydroxyl groups excluding tert-OH is 1. The zero-order chi connectivity index (χ0) is 38.0. The highest BCUT2D eigenvalue weighted by molar-refractivity contribution is 8.07. The Kier molecular flexibility index (Phi) is 15.4. The maximum atomic E-state index is 10.4. The molecule has 0 aromatic rings. The van der Waals surface area contributed by atoms with Gasteiger partial charge in [-0.1, -0.05) is 47.6 Å². The Labute approximate surface area is 298 Å². The molecule has 3 heterocycles. The van der Waals surface area contributed by atoms with Crippen molar-refractivity contribution in [2.24, 2.45) is 10.8 Å². The summed E-state index contributed by atoms with van der Waals surface area (Å²) >= 11 is 5.95. The van der Waals surface area contributed by atoms with Crippen LogP contribution in [0.4, 0.5) is 0 Å². The third kappa shape index (κ3) is 12.3. The topological polar surface area (TPSA) is 151 Å². The van der Waals surface area contributed by atoms with Gasteiger partial charge >= 0.3 is 15.3 Å². The van der Waals surface area contributed by atoms with E-state index in [9.17, 15) is 15.6 Å². The number of ether oxygens (including phenoxy) is 3. The van der Waals surface area contributed by atoms with Crippen LogP contribution in [0.5, 0.6) is 0 Å². The van der Waals surface area contributed by atoms with Gasteiger partial charge in [0, 0.05) is 32.6 Å². The van der Waals surface area contributed by atoms with Gasteiger partial charge in [-0.15, -0.1) is 6.58 Å². The monoisotopic (exact) mass is 740 g/mol. The highest BCUT2D eigenvalue weighted by Crippen LogP contribution is 2.56. The molecule has 3 rings (SSSR count). The first kappa shape index (κ1) is 37.2. The van der Waals surface area contributed by atoms with Gasteiger partial charge in [0.2, 0.25) is 0 Å². The summed E-state index contributed by atoms with van der Waals surface area (Å²) in [7, 11) is -2.21. The summed E-state index contributed by atoms with van der Waals surface area (Å²) in [5.74, 6) is 0. The van der Waals surface area contributed by atoms with E-state index >= 15 is 0 Å². The first-order valence-corrected chi connectivity index (χ1v) is 20.3. The van der Waals surface area contributed by atoms with E-state index in [0.29, 0.717) is 19.3 Å². The van der Waals surface area contributed by atoms with Gasteiger partial charge in [0.15, 0.2) is 0 Å². The predicted molar refractivity (Wildman–Crippen MR) is 185 cm³/mol. The summed E-state index contributed by atoms with van der Waals surface area (Å²) in [6.07, 6.45) is -1.21. The first-order valence-electron chi connectivity index (χ1n) is 18.4. The van der Waals surface area contributed by atoms with E-state index < -0.39 is 88.6 Å². The minimum atomic E-state index is -3.61. The first-order chi connectivity index (χ1) is 24.0. The summed E-state index contributed by atoms with van der Waals surface area (Å²) in [4.78, 5) is 0. The minimum absolute atomic E-state index is 0.0419. The van der Waals surface area contributed by atoms with Crippen LogP contribution < -0.4 is 0 Å². The Morgan fingerprint density at radius 1 is 1.00 bits per heavy atom. The zero-order valence-corrected chi connectivity index (χ0v) is 31.6. The normalized spacial score (nSPS) is 36.0. The third-order valence-electron chi connectivity index (χ3n) is 8.88. The second kappa shape index (κ2) is 19.9. The van der Waals surface area contributed by atoms with E-state index in [2.05, 4.69) is 18.7 Å². The molecule has 0 bridgehead atoms. The number of allylic oxidation sites excluding steroid dienone is 1. The van der Waals surface area contributed by atoms with Crippen LogP contribution >= 0.6 is 15.3 Å². The van der Waals surface area contributed by atoms with Crippen LogP contribution in [0, 0.1) is 33.5 Å². The van der Waals surface area contributed by atoms with Crippen LogP contribution in [-0.2, 0) is 53.2 Å². The van der Waals surface area contributed by atoms with Gasteiger partial charge in [0.25, 0.3) is 0 Å². The van der Waals surface area contributed by atoms with Crippen molar-refractivity contribution in [1.29, 1.82) is 10.5 Å². The van der Waals surface area contributed by atoms with Crippen LogP contribution in [-0.4, -0.2) is 86.9 Å². The average molecular weight is 741 g/mol. The standard InChI is InChI=1S/C33H56N2O10P2S/c1-8-16-33(7,10-3)31(12-18-35)43-46(40-22-28-24(36)13-19-38-28)42-26-14-20-39-29(26)23-41-47(48,44-27-15-21-37-25(27)9-2)45-30(11-17-34)32(4,5)6/h8,24-31,36H,1,9-16,19-23H2,2-7H3/i19T,20T,21T. The van der Waals surface area contributed by atoms with Crippen LogP contribution in [0.3, 0.4) is 0 Å². The van der Waals surface area contributed by atoms with E-state index in [4.69, 9.17) is 57.3 Å². The number of hydrogen-bond donors (Lipinski definition) is 1. The van der Waals surface area contributed by atoms with Crippen molar-refractivity contribution in [3.05, 3.63) is 12.7 Å². The van der Waals surface area contributed by atoms with Gasteiger partial charge in [0.1, 0.15) is 12.2 Å². The summed E-state index contributed by atoms with van der Waals surface area (Å²) in [5.41, 5.74) is -0.957. The summed E-state index contributed by atoms with van der Waals surface area (Å²) in [6.45, 7) is 9.03. The molecule has 1 N–H and O–H groups in total. The largest absolute Gasteiger partial charge is 0.390 e. The van der Waals surface area contributed by atoms with Crippen molar-refractivity contribution in [2.75, 3.05) is 33.0 Å². The molecular formula is C33H56N2O10P2S. The molecule has 15 heteroatoms. The Balaban J connectivity index is 1.85. The maximum absolute atomic E-state index is 10.4. The lowest BCUT2D eigenvalue weighted by Gasteiger charge is -2.37. The molecule has 274 valence electrons. The van der Waals surface area contributed by atoms with Gasteiger partial charge in [0.05, 0.1) is 78.9 Å². The van der Waals surface area contributed by atoms with E-state index in [1.54, 1.807) is 6.08 Å². The number of aliphatic hydroxyl groups is 1. The Morgan fingerprint density at radius 2 is 1.62 bits per heavy atom. The lowest BCUT2D eigenvalue weighted by atomic mass is 9.77. The Hall–Kier alpha value is -0.600. The quantitative estimate of drug-likeness (QED) is 0.0950. The molecule has 14 atom stereocenters. The van der Waals surface area contributed by atoms with Gasteiger partial charge < -0.3 is 46.5 Å². The van der Waals surface area contributed by atoms with Crippen molar-refractivity contribution in [3.8, 4) is 12.1 Å². The second-order valence-electron chi connectivity index (χ2n) is 13.5. The highest BCUT2D eigenvalue weighted by Gasteiger charge is 2.43. The van der Waals surface area contributed by atoms with E-state index in [1.807, 2.05) is 41.5 Å². The minimum Gasteiger partial charge on any atom is -0.390 e. The summed E-state index contributed by atoms with van der Waals surface area (Å²) < 4.78 is 79.6. The molecule has 0 aromatic carbocycles. The van der Waals surface area contributed by atoms with Crippen LogP contribution in [0.25, 0.3) is 0 Å². The molecule has 3 saturated heterocycles. The maximum Gasteiger partial charge on any atom is 0.333 e. The van der Waals surface area contributed by atoms with Crippen molar-refractivity contribution in [3.63, 3.8) is 0 Å². The fourth-order valence-corrected chi connectivity index (χ4v) is 9.35. The Bertz CT molecular complexity index is 1240. The lowest BCUT2D eigenvalue weighted by molar-refractivity contribution is -0.0331. The van der Waals surface area contributed by atoms with Crippen molar-refractivity contribution in [1.82, 2.24) is 0 Å². The molecule has 3 fully saturated rings. The van der Waals surface area contributed by atoms with Crippen molar-refractivity contribution >= 4 is 27.1 Å². The molecule has 3 aliphatic rings. The van der Waals surface area contributed by atoms with Crippen LogP contribution in [0.1, 0.15) is 97.0 Å². The number of rotatable bonds is 21.